The Kier molecular flexibility index (Phi) is 5.53. The Balaban J connectivity index is 1.80. The summed E-state index contributed by atoms with van der Waals surface area (Å²) in [4.78, 5) is 2.13. The van der Waals surface area contributed by atoms with Gasteiger partial charge in [0.15, 0.2) is 5.82 Å². The van der Waals surface area contributed by atoms with Crippen LogP contribution in [0.1, 0.15) is 23.0 Å². The van der Waals surface area contributed by atoms with Crippen LogP contribution in [0, 0.1) is 0 Å². The van der Waals surface area contributed by atoms with Crippen molar-refractivity contribution in [2.24, 2.45) is 0 Å². The van der Waals surface area contributed by atoms with Crippen molar-refractivity contribution in [2.45, 2.75) is 12.2 Å². The molecule has 6 nitrogen and oxygen atoms in total. The minimum Gasteiger partial charge on any atom is -0.379 e. The third-order valence-electron chi connectivity index (χ3n) is 4.73. The molecule has 1 aliphatic rings. The molecule has 4 rings (SSSR count). The van der Waals surface area contributed by atoms with Crippen LogP contribution in [0.3, 0.4) is 0 Å². The zero-order valence-corrected chi connectivity index (χ0v) is 15.9. The molecule has 0 bridgehead atoms. The molecular weight excluding hydrogens is 407 g/mol. The summed E-state index contributed by atoms with van der Waals surface area (Å²) in [6.07, 6.45) is -4.46. The molecule has 152 valence electrons. The van der Waals surface area contributed by atoms with Gasteiger partial charge in [-0.25, -0.2) is 0 Å². The molecule has 29 heavy (non-hydrogen) atoms. The summed E-state index contributed by atoms with van der Waals surface area (Å²) in [6, 6.07) is 11.8. The van der Waals surface area contributed by atoms with Crippen LogP contribution in [0.4, 0.5) is 13.2 Å². The predicted molar refractivity (Wildman–Crippen MR) is 99.8 cm³/mol. The largest absolute Gasteiger partial charge is 0.416 e. The summed E-state index contributed by atoms with van der Waals surface area (Å²) in [7, 11) is 0. The van der Waals surface area contributed by atoms with Gasteiger partial charge in [0, 0.05) is 18.1 Å². The molecule has 0 aliphatic carbocycles. The van der Waals surface area contributed by atoms with Crippen LogP contribution >= 0.6 is 11.6 Å². The molecule has 0 radical (unpaired) electrons. The number of morpholine rings is 1. The number of alkyl halides is 3. The highest BCUT2D eigenvalue weighted by Crippen LogP contribution is 2.33. The standard InChI is InChI=1S/C19H17ClF3N5O/c20-15-5-1-3-13(11-15)17(27-7-9-29-10-8-27)18-24-25-26-28(18)16-6-2-4-14(12-16)19(21,22)23/h1-6,11-12,17H,7-10H2/t17-/m1/s1. The first-order chi connectivity index (χ1) is 13.9. The maximum atomic E-state index is 13.2. The summed E-state index contributed by atoms with van der Waals surface area (Å²) in [5, 5.41) is 12.4. The summed E-state index contributed by atoms with van der Waals surface area (Å²) in [5.41, 5.74) is 0.324. The van der Waals surface area contributed by atoms with Gasteiger partial charge in [0.2, 0.25) is 0 Å². The Bertz CT molecular complexity index is 988. The summed E-state index contributed by atoms with van der Waals surface area (Å²) in [6.45, 7) is 2.35. The number of aromatic nitrogens is 4. The molecule has 0 spiro atoms. The lowest BCUT2D eigenvalue weighted by Gasteiger charge is -2.34. The highest BCUT2D eigenvalue weighted by atomic mass is 35.5. The zero-order chi connectivity index (χ0) is 20.4. The van der Waals surface area contributed by atoms with Crippen LogP contribution in [0.25, 0.3) is 5.69 Å². The van der Waals surface area contributed by atoms with Crippen molar-refractivity contribution >= 4 is 11.6 Å². The molecule has 1 fully saturated rings. The fourth-order valence-electron chi connectivity index (χ4n) is 3.40. The second-order valence-electron chi connectivity index (χ2n) is 6.60. The minimum absolute atomic E-state index is 0.236. The third-order valence-corrected chi connectivity index (χ3v) is 4.97. The SMILES string of the molecule is FC(F)(F)c1cccc(-n2nnnc2[C@@H](c2cccc(Cl)c2)N2CCOCC2)c1. The first kappa shape index (κ1) is 19.8. The number of hydrogen-bond acceptors (Lipinski definition) is 5. The Morgan fingerprint density at radius 3 is 2.52 bits per heavy atom. The van der Waals surface area contributed by atoms with Crippen molar-refractivity contribution in [3.8, 4) is 5.69 Å². The molecule has 1 aromatic heterocycles. The summed E-state index contributed by atoms with van der Waals surface area (Å²) >= 11 is 6.19. The van der Waals surface area contributed by atoms with E-state index in [2.05, 4.69) is 20.4 Å². The third kappa shape index (κ3) is 4.26. The first-order valence-corrected chi connectivity index (χ1v) is 9.34. The number of halogens is 4. The monoisotopic (exact) mass is 423 g/mol. The minimum atomic E-state index is -4.46. The molecular formula is C19H17ClF3N5O. The van der Waals surface area contributed by atoms with Gasteiger partial charge >= 0.3 is 6.18 Å². The highest BCUT2D eigenvalue weighted by molar-refractivity contribution is 6.30. The molecule has 0 unspecified atom stereocenters. The second-order valence-corrected chi connectivity index (χ2v) is 7.04. The molecule has 0 N–H and O–H groups in total. The number of nitrogens with zero attached hydrogens (tertiary/aromatic N) is 5. The number of hydrogen-bond donors (Lipinski definition) is 0. The Morgan fingerprint density at radius 1 is 1.03 bits per heavy atom. The fourth-order valence-corrected chi connectivity index (χ4v) is 3.60. The highest BCUT2D eigenvalue weighted by Gasteiger charge is 2.32. The van der Waals surface area contributed by atoms with Crippen LogP contribution in [0.5, 0.6) is 0 Å². The topological polar surface area (TPSA) is 56.1 Å². The van der Waals surface area contributed by atoms with Crippen molar-refractivity contribution in [1.82, 2.24) is 25.1 Å². The smallest absolute Gasteiger partial charge is 0.379 e. The molecule has 3 aromatic rings. The van der Waals surface area contributed by atoms with Crippen LogP contribution < -0.4 is 0 Å². The van der Waals surface area contributed by atoms with Crippen molar-refractivity contribution < 1.29 is 17.9 Å². The maximum Gasteiger partial charge on any atom is 0.416 e. The van der Waals surface area contributed by atoms with E-state index in [1.165, 1.54) is 10.7 Å². The predicted octanol–water partition coefficient (Wildman–Crippen LogP) is 3.76. The van der Waals surface area contributed by atoms with E-state index in [1.807, 2.05) is 18.2 Å². The number of rotatable bonds is 4. The van der Waals surface area contributed by atoms with Gasteiger partial charge in [0.05, 0.1) is 30.5 Å². The molecule has 1 atom stereocenters. The van der Waals surface area contributed by atoms with E-state index in [-0.39, 0.29) is 11.7 Å². The van der Waals surface area contributed by atoms with Crippen LogP contribution in [0.15, 0.2) is 48.5 Å². The normalized spacial score (nSPS) is 16.7. The first-order valence-electron chi connectivity index (χ1n) is 8.96. The van der Waals surface area contributed by atoms with Crippen molar-refractivity contribution in [2.75, 3.05) is 26.3 Å². The van der Waals surface area contributed by atoms with Crippen LogP contribution in [-0.4, -0.2) is 51.4 Å². The second kappa shape index (κ2) is 8.10. The van der Waals surface area contributed by atoms with Crippen molar-refractivity contribution in [1.29, 1.82) is 0 Å². The van der Waals surface area contributed by atoms with Gasteiger partial charge in [-0.15, -0.1) is 5.10 Å². The molecule has 10 heteroatoms. The van der Waals surface area contributed by atoms with Gasteiger partial charge in [-0.1, -0.05) is 29.8 Å². The molecule has 2 heterocycles. The number of benzene rings is 2. The van der Waals surface area contributed by atoms with Gasteiger partial charge < -0.3 is 4.74 Å². The van der Waals surface area contributed by atoms with Crippen molar-refractivity contribution in [3.05, 3.63) is 70.5 Å². The van der Waals surface area contributed by atoms with E-state index >= 15 is 0 Å². The van der Waals surface area contributed by atoms with E-state index in [4.69, 9.17) is 16.3 Å². The van der Waals surface area contributed by atoms with Crippen molar-refractivity contribution in [3.63, 3.8) is 0 Å². The summed E-state index contributed by atoms with van der Waals surface area (Å²) in [5.74, 6) is 0.411. The van der Waals surface area contributed by atoms with Gasteiger partial charge in [-0.2, -0.15) is 17.9 Å². The van der Waals surface area contributed by atoms with E-state index in [9.17, 15) is 13.2 Å². The summed E-state index contributed by atoms with van der Waals surface area (Å²) < 4.78 is 46.3. The average Bonchev–Trinajstić information content (AvgIpc) is 3.18. The quantitative estimate of drug-likeness (QED) is 0.639. The lowest BCUT2D eigenvalue weighted by Crippen LogP contribution is -2.40. The lowest BCUT2D eigenvalue weighted by molar-refractivity contribution is -0.137. The lowest BCUT2D eigenvalue weighted by atomic mass is 10.0. The maximum absolute atomic E-state index is 13.2. The van der Waals surface area contributed by atoms with E-state index in [1.54, 1.807) is 12.1 Å². The fraction of sp³-hybridized carbons (Fsp3) is 0.316. The van der Waals surface area contributed by atoms with Gasteiger partial charge in [-0.3, -0.25) is 4.90 Å². The zero-order valence-electron chi connectivity index (χ0n) is 15.2. The number of ether oxygens (including phenoxy) is 1. The number of tetrazole rings is 1. The molecule has 1 saturated heterocycles. The Labute approximate surface area is 169 Å². The van der Waals surface area contributed by atoms with E-state index < -0.39 is 11.7 Å². The van der Waals surface area contributed by atoms with Crippen LogP contribution in [-0.2, 0) is 10.9 Å². The van der Waals surface area contributed by atoms with Gasteiger partial charge in [0.1, 0.15) is 0 Å². The van der Waals surface area contributed by atoms with Gasteiger partial charge in [0.25, 0.3) is 0 Å². The molecule has 2 aromatic carbocycles. The molecule has 0 amide bonds. The van der Waals surface area contributed by atoms with Crippen LogP contribution in [0.2, 0.25) is 5.02 Å². The van der Waals surface area contributed by atoms with E-state index in [0.717, 1.165) is 17.7 Å². The molecule has 0 saturated carbocycles. The average molecular weight is 424 g/mol. The van der Waals surface area contributed by atoms with E-state index in [0.29, 0.717) is 37.2 Å². The Hall–Kier alpha value is -2.49. The molecule has 1 aliphatic heterocycles. The Morgan fingerprint density at radius 2 is 1.79 bits per heavy atom. The van der Waals surface area contributed by atoms with Gasteiger partial charge in [-0.05, 0) is 46.3 Å².